The Morgan fingerprint density at radius 1 is 0.857 bits per heavy atom. The molecule has 0 aliphatic heterocycles. The molecular weight excluding hydrogens is 260 g/mol. The van der Waals surface area contributed by atoms with E-state index in [9.17, 15) is 10.2 Å². The summed E-state index contributed by atoms with van der Waals surface area (Å²) in [5, 5.41) is 21.0. The van der Waals surface area contributed by atoms with Gasteiger partial charge in [0.05, 0.1) is 12.2 Å². The van der Waals surface area contributed by atoms with Gasteiger partial charge < -0.3 is 10.2 Å². The first-order chi connectivity index (χ1) is 9.94. The van der Waals surface area contributed by atoms with Gasteiger partial charge in [-0.25, -0.2) is 0 Å². The summed E-state index contributed by atoms with van der Waals surface area (Å²) in [6.45, 7) is 4.98. The lowest BCUT2D eigenvalue weighted by Gasteiger charge is -2.61. The minimum Gasteiger partial charge on any atom is -0.393 e. The number of aliphatic hydroxyl groups excluding tert-OH is 2. The molecule has 8 atom stereocenters. The van der Waals surface area contributed by atoms with E-state index in [1.165, 1.54) is 38.5 Å². The van der Waals surface area contributed by atoms with Crippen LogP contribution in [0, 0.1) is 34.5 Å². The molecule has 4 aliphatic carbocycles. The molecule has 2 nitrogen and oxygen atoms in total. The second-order valence-corrected chi connectivity index (χ2v) is 9.31. The fourth-order valence-corrected chi connectivity index (χ4v) is 7.19. The second-order valence-electron chi connectivity index (χ2n) is 9.31. The quantitative estimate of drug-likeness (QED) is 0.714. The van der Waals surface area contributed by atoms with Crippen LogP contribution in [-0.4, -0.2) is 22.4 Å². The zero-order valence-electron chi connectivity index (χ0n) is 13.7. The third-order valence-corrected chi connectivity index (χ3v) is 8.44. The van der Waals surface area contributed by atoms with Gasteiger partial charge in [0.2, 0.25) is 0 Å². The summed E-state index contributed by atoms with van der Waals surface area (Å²) >= 11 is 0. The molecule has 4 fully saturated rings. The molecule has 4 aliphatic rings. The molecule has 0 heterocycles. The average Bonchev–Trinajstić information content (AvgIpc) is 2.82. The molecule has 21 heavy (non-hydrogen) atoms. The molecule has 0 radical (unpaired) electrons. The Bertz CT molecular complexity index is 422. The first kappa shape index (κ1) is 14.5. The largest absolute Gasteiger partial charge is 0.393 e. The van der Waals surface area contributed by atoms with Crippen LogP contribution in [0.4, 0.5) is 0 Å². The maximum Gasteiger partial charge on any atom is 0.0577 e. The lowest BCUT2D eigenvalue weighted by atomic mass is 9.44. The molecule has 0 saturated heterocycles. The molecule has 4 rings (SSSR count). The van der Waals surface area contributed by atoms with Gasteiger partial charge in [0, 0.05) is 0 Å². The Balaban J connectivity index is 1.67. The predicted octanol–water partition coefficient (Wildman–Crippen LogP) is 3.75. The molecule has 120 valence electrons. The van der Waals surface area contributed by atoms with Gasteiger partial charge in [0.15, 0.2) is 0 Å². The van der Waals surface area contributed by atoms with Gasteiger partial charge in [0.1, 0.15) is 0 Å². The highest BCUT2D eigenvalue weighted by Gasteiger charge is 2.60. The highest BCUT2D eigenvalue weighted by molar-refractivity contribution is 5.09. The summed E-state index contributed by atoms with van der Waals surface area (Å²) in [4.78, 5) is 0. The standard InChI is InChI=1S/C19H32O2/c1-18-7-3-4-14(18)17-15(6-8-18)19(2)9-5-13(20)10-12(19)11-16(17)21/h12-17,20-21H,3-11H2,1-2H3/t12-,13-,14-,15-,16-,17-,18-,19-/m0/s1. The van der Waals surface area contributed by atoms with Crippen molar-refractivity contribution >= 4 is 0 Å². The fourth-order valence-electron chi connectivity index (χ4n) is 7.19. The van der Waals surface area contributed by atoms with E-state index >= 15 is 0 Å². The van der Waals surface area contributed by atoms with Crippen LogP contribution in [0.5, 0.6) is 0 Å². The smallest absolute Gasteiger partial charge is 0.0577 e. The van der Waals surface area contributed by atoms with Crippen LogP contribution >= 0.6 is 0 Å². The zero-order valence-corrected chi connectivity index (χ0v) is 13.7. The van der Waals surface area contributed by atoms with Gasteiger partial charge in [-0.1, -0.05) is 20.3 Å². The zero-order chi connectivity index (χ0) is 14.8. The monoisotopic (exact) mass is 292 g/mol. The van der Waals surface area contributed by atoms with Crippen LogP contribution in [0.25, 0.3) is 0 Å². The molecular formula is C19H32O2. The van der Waals surface area contributed by atoms with E-state index < -0.39 is 0 Å². The van der Waals surface area contributed by atoms with Crippen molar-refractivity contribution in [2.75, 3.05) is 0 Å². The van der Waals surface area contributed by atoms with E-state index in [0.29, 0.717) is 28.6 Å². The van der Waals surface area contributed by atoms with E-state index in [1.807, 2.05) is 0 Å². The minimum atomic E-state index is -0.118. The summed E-state index contributed by atoms with van der Waals surface area (Å²) in [7, 11) is 0. The summed E-state index contributed by atoms with van der Waals surface area (Å²) in [6, 6.07) is 0. The minimum absolute atomic E-state index is 0.110. The van der Waals surface area contributed by atoms with Crippen molar-refractivity contribution in [3.8, 4) is 0 Å². The van der Waals surface area contributed by atoms with Crippen molar-refractivity contribution in [2.45, 2.75) is 83.8 Å². The van der Waals surface area contributed by atoms with Gasteiger partial charge in [-0.2, -0.15) is 0 Å². The predicted molar refractivity (Wildman–Crippen MR) is 83.7 cm³/mol. The van der Waals surface area contributed by atoms with E-state index in [2.05, 4.69) is 13.8 Å². The van der Waals surface area contributed by atoms with Gasteiger partial charge in [-0.15, -0.1) is 0 Å². The van der Waals surface area contributed by atoms with Crippen LogP contribution in [0.1, 0.15) is 71.6 Å². The summed E-state index contributed by atoms with van der Waals surface area (Å²) < 4.78 is 0. The molecule has 0 aromatic carbocycles. The molecule has 2 heteroatoms. The third kappa shape index (κ3) is 1.97. The van der Waals surface area contributed by atoms with Crippen LogP contribution < -0.4 is 0 Å². The first-order valence-corrected chi connectivity index (χ1v) is 9.30. The van der Waals surface area contributed by atoms with Crippen molar-refractivity contribution in [2.24, 2.45) is 34.5 Å². The van der Waals surface area contributed by atoms with Crippen molar-refractivity contribution in [3.05, 3.63) is 0 Å². The molecule has 0 aromatic heterocycles. The van der Waals surface area contributed by atoms with Crippen molar-refractivity contribution in [3.63, 3.8) is 0 Å². The van der Waals surface area contributed by atoms with Crippen LogP contribution in [-0.2, 0) is 0 Å². The first-order valence-electron chi connectivity index (χ1n) is 9.30. The van der Waals surface area contributed by atoms with Crippen molar-refractivity contribution in [1.82, 2.24) is 0 Å². The molecule has 0 amide bonds. The molecule has 0 bridgehead atoms. The Hall–Kier alpha value is -0.0800. The SMILES string of the molecule is C[C@@]12CCC[C@H]1[C@@H]1[C@@H](O)C[C@@H]3C[C@@H](O)CC[C@]3(C)[C@H]1CC2. The Morgan fingerprint density at radius 3 is 2.48 bits per heavy atom. The summed E-state index contributed by atoms with van der Waals surface area (Å²) in [5.74, 6) is 2.55. The van der Waals surface area contributed by atoms with Gasteiger partial charge in [-0.3, -0.25) is 0 Å². The molecule has 2 N–H and O–H groups in total. The highest BCUT2D eigenvalue weighted by atomic mass is 16.3. The normalized spacial score (nSPS) is 60.0. The fraction of sp³-hybridized carbons (Fsp3) is 1.00. The Kier molecular flexibility index (Phi) is 3.25. The maximum absolute atomic E-state index is 10.9. The molecule has 0 unspecified atom stereocenters. The number of hydrogen-bond donors (Lipinski definition) is 2. The Labute approximate surface area is 129 Å². The maximum atomic E-state index is 10.9. The lowest BCUT2D eigenvalue weighted by molar-refractivity contribution is -0.168. The van der Waals surface area contributed by atoms with Gasteiger partial charge >= 0.3 is 0 Å². The number of fused-ring (bicyclic) bond motifs is 5. The molecule has 0 aromatic rings. The molecule has 4 saturated carbocycles. The Morgan fingerprint density at radius 2 is 1.67 bits per heavy atom. The number of hydrogen-bond acceptors (Lipinski definition) is 2. The highest BCUT2D eigenvalue weighted by Crippen LogP contribution is 2.66. The van der Waals surface area contributed by atoms with E-state index in [-0.39, 0.29) is 12.2 Å². The van der Waals surface area contributed by atoms with Gasteiger partial charge in [-0.05, 0) is 85.9 Å². The lowest BCUT2D eigenvalue weighted by Crippen LogP contribution is -2.57. The average molecular weight is 292 g/mol. The van der Waals surface area contributed by atoms with Crippen molar-refractivity contribution < 1.29 is 10.2 Å². The molecule has 0 spiro atoms. The topological polar surface area (TPSA) is 40.5 Å². The summed E-state index contributed by atoms with van der Waals surface area (Å²) in [6.07, 6.45) is 10.6. The van der Waals surface area contributed by atoms with Crippen LogP contribution in [0.15, 0.2) is 0 Å². The van der Waals surface area contributed by atoms with Crippen LogP contribution in [0.2, 0.25) is 0 Å². The number of rotatable bonds is 0. The van der Waals surface area contributed by atoms with E-state index in [1.54, 1.807) is 0 Å². The van der Waals surface area contributed by atoms with Crippen LogP contribution in [0.3, 0.4) is 0 Å². The summed E-state index contributed by atoms with van der Waals surface area (Å²) in [5.41, 5.74) is 0.895. The number of aliphatic hydroxyl groups is 2. The van der Waals surface area contributed by atoms with Gasteiger partial charge in [0.25, 0.3) is 0 Å². The second kappa shape index (κ2) is 4.71. The van der Waals surface area contributed by atoms with Crippen molar-refractivity contribution in [1.29, 1.82) is 0 Å². The third-order valence-electron chi connectivity index (χ3n) is 8.44. The van der Waals surface area contributed by atoms with E-state index in [0.717, 1.165) is 25.2 Å². The van der Waals surface area contributed by atoms with E-state index in [4.69, 9.17) is 0 Å².